The zero-order valence-electron chi connectivity index (χ0n) is 9.37. The Morgan fingerprint density at radius 3 is 2.76 bits per heavy atom. The van der Waals surface area contributed by atoms with Crippen molar-refractivity contribution in [1.29, 1.82) is 0 Å². The molecule has 0 saturated carbocycles. The zero-order valence-corrected chi connectivity index (χ0v) is 9.37. The molecule has 3 N–H and O–H groups in total. The van der Waals surface area contributed by atoms with Crippen molar-refractivity contribution in [1.82, 2.24) is 10.2 Å². The number of likely N-dealkylation sites (tertiary alicyclic amines) is 1. The first kappa shape index (κ1) is 12.1. The summed E-state index contributed by atoms with van der Waals surface area (Å²) in [4.78, 5) is 13.3. The number of amides is 1. The third kappa shape index (κ3) is 3.29. The molecule has 0 bridgehead atoms. The molecule has 2 heterocycles. The number of hydrogen-bond acceptors (Lipinski definition) is 5. The molecule has 1 saturated heterocycles. The molecule has 1 aliphatic heterocycles. The van der Waals surface area contributed by atoms with Crippen LogP contribution in [0, 0.1) is 0 Å². The van der Waals surface area contributed by atoms with Crippen LogP contribution in [0.3, 0.4) is 0 Å². The Bertz CT molecular complexity index is 356. The Labute approximate surface area is 98.8 Å². The summed E-state index contributed by atoms with van der Waals surface area (Å²) in [6.45, 7) is 1.18. The minimum Gasteiger partial charge on any atom is -0.467 e. The van der Waals surface area contributed by atoms with Crippen molar-refractivity contribution in [2.75, 3.05) is 19.6 Å². The van der Waals surface area contributed by atoms with Crippen LogP contribution >= 0.6 is 0 Å². The van der Waals surface area contributed by atoms with Gasteiger partial charge in [0, 0.05) is 13.1 Å². The number of rotatable bonds is 4. The van der Waals surface area contributed by atoms with Crippen molar-refractivity contribution < 1.29 is 19.4 Å². The van der Waals surface area contributed by atoms with Gasteiger partial charge in [0.05, 0.1) is 31.6 Å². The van der Waals surface area contributed by atoms with E-state index in [1.807, 2.05) is 0 Å². The lowest BCUT2D eigenvalue weighted by molar-refractivity contribution is -0.122. The molecule has 2 unspecified atom stereocenters. The van der Waals surface area contributed by atoms with Gasteiger partial charge >= 0.3 is 0 Å². The molecule has 0 aliphatic carbocycles. The van der Waals surface area contributed by atoms with Gasteiger partial charge in [0.2, 0.25) is 5.91 Å². The number of hydrogen-bond donors (Lipinski definition) is 3. The molecule has 2 atom stereocenters. The van der Waals surface area contributed by atoms with Crippen LogP contribution in [0.5, 0.6) is 0 Å². The molecule has 6 nitrogen and oxygen atoms in total. The fourth-order valence-electron chi connectivity index (χ4n) is 1.83. The van der Waals surface area contributed by atoms with Gasteiger partial charge in [-0.05, 0) is 12.1 Å². The maximum atomic E-state index is 11.5. The Hall–Kier alpha value is -1.37. The number of aliphatic hydroxyl groups is 2. The van der Waals surface area contributed by atoms with Crippen LogP contribution in [0.1, 0.15) is 5.76 Å². The van der Waals surface area contributed by atoms with Crippen molar-refractivity contribution in [2.24, 2.45) is 0 Å². The molecule has 17 heavy (non-hydrogen) atoms. The average Bonchev–Trinajstić information content (AvgIpc) is 2.87. The van der Waals surface area contributed by atoms with Gasteiger partial charge < -0.3 is 19.9 Å². The fraction of sp³-hybridized carbons (Fsp3) is 0.545. The molecule has 6 heteroatoms. The van der Waals surface area contributed by atoms with E-state index in [4.69, 9.17) is 4.42 Å². The monoisotopic (exact) mass is 240 g/mol. The van der Waals surface area contributed by atoms with Gasteiger partial charge in [-0.15, -0.1) is 0 Å². The summed E-state index contributed by atoms with van der Waals surface area (Å²) in [5.74, 6) is 0.544. The van der Waals surface area contributed by atoms with Gasteiger partial charge in [0.25, 0.3) is 0 Å². The molecular formula is C11H16N2O4. The van der Waals surface area contributed by atoms with Gasteiger partial charge in [-0.3, -0.25) is 9.69 Å². The maximum absolute atomic E-state index is 11.5. The highest BCUT2D eigenvalue weighted by molar-refractivity contribution is 5.78. The summed E-state index contributed by atoms with van der Waals surface area (Å²) in [5.41, 5.74) is 0. The fourth-order valence-corrected chi connectivity index (χ4v) is 1.83. The summed E-state index contributed by atoms with van der Waals surface area (Å²) < 4.78 is 5.08. The summed E-state index contributed by atoms with van der Waals surface area (Å²) in [7, 11) is 0. The topological polar surface area (TPSA) is 85.9 Å². The van der Waals surface area contributed by atoms with E-state index in [2.05, 4.69) is 5.32 Å². The molecule has 1 aliphatic rings. The van der Waals surface area contributed by atoms with Gasteiger partial charge in [0.1, 0.15) is 5.76 Å². The lowest BCUT2D eigenvalue weighted by atomic mass is 10.3. The third-order valence-electron chi connectivity index (χ3n) is 2.74. The molecule has 1 fully saturated rings. The third-order valence-corrected chi connectivity index (χ3v) is 2.74. The van der Waals surface area contributed by atoms with Crippen molar-refractivity contribution in [3.63, 3.8) is 0 Å². The number of β-amino-alcohol motifs (C(OH)–C–C–N with tert-alkyl or cyclic N) is 2. The lowest BCUT2D eigenvalue weighted by Gasteiger charge is -2.13. The van der Waals surface area contributed by atoms with E-state index < -0.39 is 12.2 Å². The normalized spacial score (nSPS) is 25.1. The Morgan fingerprint density at radius 1 is 1.47 bits per heavy atom. The Morgan fingerprint density at radius 2 is 2.18 bits per heavy atom. The molecule has 0 spiro atoms. The van der Waals surface area contributed by atoms with E-state index in [9.17, 15) is 15.0 Å². The van der Waals surface area contributed by atoms with Crippen LogP contribution in [-0.2, 0) is 11.3 Å². The predicted molar refractivity (Wildman–Crippen MR) is 59.0 cm³/mol. The maximum Gasteiger partial charge on any atom is 0.234 e. The number of nitrogens with zero attached hydrogens (tertiary/aromatic N) is 1. The number of aliphatic hydroxyl groups excluding tert-OH is 2. The van der Waals surface area contributed by atoms with Gasteiger partial charge in [-0.2, -0.15) is 0 Å². The molecule has 0 aromatic carbocycles. The Balaban J connectivity index is 1.71. The highest BCUT2D eigenvalue weighted by atomic mass is 16.3. The number of carbonyl (C=O) groups is 1. The molecule has 2 rings (SSSR count). The number of carbonyl (C=O) groups excluding carboxylic acids is 1. The van der Waals surface area contributed by atoms with Crippen LogP contribution < -0.4 is 5.32 Å². The molecule has 1 aromatic heterocycles. The smallest absolute Gasteiger partial charge is 0.234 e. The van der Waals surface area contributed by atoms with Gasteiger partial charge in [-0.1, -0.05) is 0 Å². The zero-order chi connectivity index (χ0) is 12.3. The predicted octanol–water partition coefficient (Wildman–Crippen LogP) is -1.07. The number of nitrogens with one attached hydrogen (secondary N) is 1. The van der Waals surface area contributed by atoms with Crippen LogP contribution in [0.2, 0.25) is 0 Å². The van der Waals surface area contributed by atoms with Crippen molar-refractivity contribution in [3.8, 4) is 0 Å². The van der Waals surface area contributed by atoms with Gasteiger partial charge in [-0.25, -0.2) is 0 Å². The quantitative estimate of drug-likeness (QED) is 0.624. The second-order valence-electron chi connectivity index (χ2n) is 4.18. The Kier molecular flexibility index (Phi) is 3.78. The minimum absolute atomic E-state index is 0.150. The number of furan rings is 1. The minimum atomic E-state index is -0.757. The highest BCUT2D eigenvalue weighted by Crippen LogP contribution is 2.08. The molecule has 1 amide bonds. The molecular weight excluding hydrogens is 224 g/mol. The van der Waals surface area contributed by atoms with E-state index >= 15 is 0 Å². The van der Waals surface area contributed by atoms with Crippen LogP contribution in [0.4, 0.5) is 0 Å². The lowest BCUT2D eigenvalue weighted by Crippen LogP contribution is -2.36. The first-order valence-corrected chi connectivity index (χ1v) is 5.52. The van der Waals surface area contributed by atoms with Crippen molar-refractivity contribution in [2.45, 2.75) is 18.8 Å². The SMILES string of the molecule is O=C(CN1CC(O)C(O)C1)NCc1ccco1. The first-order chi connectivity index (χ1) is 8.15. The van der Waals surface area contributed by atoms with E-state index in [0.717, 1.165) is 0 Å². The van der Waals surface area contributed by atoms with E-state index in [-0.39, 0.29) is 12.5 Å². The summed E-state index contributed by atoms with van der Waals surface area (Å²) in [5, 5.41) is 21.3. The summed E-state index contributed by atoms with van der Waals surface area (Å²) in [6.07, 6.45) is 0.0371. The second-order valence-corrected chi connectivity index (χ2v) is 4.18. The van der Waals surface area contributed by atoms with Crippen molar-refractivity contribution in [3.05, 3.63) is 24.2 Å². The van der Waals surface area contributed by atoms with Crippen LogP contribution in [0.15, 0.2) is 22.8 Å². The molecule has 94 valence electrons. The van der Waals surface area contributed by atoms with Crippen LogP contribution in [-0.4, -0.2) is 52.9 Å². The summed E-state index contributed by atoms with van der Waals surface area (Å²) >= 11 is 0. The van der Waals surface area contributed by atoms with Crippen molar-refractivity contribution >= 4 is 5.91 Å². The standard InChI is InChI=1S/C11H16N2O4/c14-9-5-13(6-10(9)15)7-11(16)12-4-8-2-1-3-17-8/h1-3,9-10,14-15H,4-7H2,(H,12,16). The van der Waals surface area contributed by atoms with E-state index in [1.165, 1.54) is 0 Å². The average molecular weight is 240 g/mol. The summed E-state index contributed by atoms with van der Waals surface area (Å²) in [6, 6.07) is 3.54. The largest absolute Gasteiger partial charge is 0.467 e. The second kappa shape index (κ2) is 5.31. The van der Waals surface area contributed by atoms with Gasteiger partial charge in [0.15, 0.2) is 0 Å². The first-order valence-electron chi connectivity index (χ1n) is 5.52. The van der Waals surface area contributed by atoms with E-state index in [1.54, 1.807) is 23.3 Å². The highest BCUT2D eigenvalue weighted by Gasteiger charge is 2.30. The molecule has 0 radical (unpaired) electrons. The molecule has 1 aromatic rings. The van der Waals surface area contributed by atoms with E-state index in [0.29, 0.717) is 25.4 Å². The van der Waals surface area contributed by atoms with Crippen LogP contribution in [0.25, 0.3) is 0 Å².